The van der Waals surface area contributed by atoms with Crippen LogP contribution in [0.4, 0.5) is 18.9 Å². The molecule has 0 saturated carbocycles. The Bertz CT molecular complexity index is 529. The molecular formula is C11H15F3N2O2S. The molecule has 0 radical (unpaired) electrons. The first-order chi connectivity index (χ1) is 8.57. The van der Waals surface area contributed by atoms with Crippen molar-refractivity contribution >= 4 is 15.7 Å². The summed E-state index contributed by atoms with van der Waals surface area (Å²) in [6.45, 7) is 1.17. The van der Waals surface area contributed by atoms with E-state index in [9.17, 15) is 21.6 Å². The fourth-order valence-electron chi connectivity index (χ4n) is 1.64. The van der Waals surface area contributed by atoms with Crippen molar-refractivity contribution < 1.29 is 21.6 Å². The quantitative estimate of drug-likeness (QED) is 0.817. The highest BCUT2D eigenvalue weighted by Gasteiger charge is 2.31. The Labute approximate surface area is 109 Å². The van der Waals surface area contributed by atoms with E-state index in [0.717, 1.165) is 0 Å². The van der Waals surface area contributed by atoms with E-state index >= 15 is 0 Å². The molecule has 3 N–H and O–H groups in total. The van der Waals surface area contributed by atoms with Crippen molar-refractivity contribution in [2.75, 3.05) is 5.73 Å². The number of rotatable bonds is 5. The van der Waals surface area contributed by atoms with Gasteiger partial charge in [-0.3, -0.25) is 0 Å². The van der Waals surface area contributed by atoms with Crippen LogP contribution in [-0.4, -0.2) is 20.6 Å². The molecular weight excluding hydrogens is 281 g/mol. The normalized spacial score (nSPS) is 14.3. The van der Waals surface area contributed by atoms with Crippen molar-refractivity contribution in [2.24, 2.45) is 0 Å². The zero-order chi connectivity index (χ0) is 14.7. The van der Waals surface area contributed by atoms with E-state index in [4.69, 9.17) is 5.73 Å². The Morgan fingerprint density at radius 1 is 1.37 bits per heavy atom. The Hall–Kier alpha value is -1.28. The lowest BCUT2D eigenvalue weighted by molar-refractivity contribution is -0.137. The number of nitrogens with one attached hydrogen (secondary N) is 1. The molecule has 108 valence electrons. The van der Waals surface area contributed by atoms with E-state index in [1.54, 1.807) is 18.2 Å². The molecule has 0 saturated heterocycles. The van der Waals surface area contributed by atoms with Gasteiger partial charge in [-0.1, -0.05) is 12.1 Å². The molecule has 0 aliphatic rings. The molecule has 0 spiro atoms. The molecule has 0 heterocycles. The smallest absolute Gasteiger partial charge is 0.390 e. The summed E-state index contributed by atoms with van der Waals surface area (Å²) < 4.78 is 61.7. The number of nitrogens with two attached hydrogens (primary N) is 1. The van der Waals surface area contributed by atoms with Gasteiger partial charge in [0.25, 0.3) is 0 Å². The van der Waals surface area contributed by atoms with Crippen LogP contribution in [0.1, 0.15) is 18.9 Å². The fourth-order valence-corrected chi connectivity index (χ4v) is 3.04. The second-order valence-electron chi connectivity index (χ2n) is 4.34. The molecule has 4 nitrogen and oxygen atoms in total. The minimum Gasteiger partial charge on any atom is -0.399 e. The topological polar surface area (TPSA) is 72.2 Å². The Kier molecular flexibility index (Phi) is 4.81. The van der Waals surface area contributed by atoms with Crippen molar-refractivity contribution in [3.8, 4) is 0 Å². The number of hydrogen-bond acceptors (Lipinski definition) is 3. The molecule has 19 heavy (non-hydrogen) atoms. The number of anilines is 1. The van der Waals surface area contributed by atoms with E-state index < -0.39 is 34.4 Å². The molecule has 1 aromatic carbocycles. The van der Waals surface area contributed by atoms with Crippen molar-refractivity contribution in [3.05, 3.63) is 29.8 Å². The van der Waals surface area contributed by atoms with Crippen molar-refractivity contribution in [1.82, 2.24) is 4.72 Å². The SMILES string of the molecule is CC(CC(F)(F)F)NS(=O)(=O)Cc1cccc(N)c1. The van der Waals surface area contributed by atoms with Gasteiger partial charge < -0.3 is 5.73 Å². The van der Waals surface area contributed by atoms with Gasteiger partial charge in [-0.25, -0.2) is 13.1 Å². The van der Waals surface area contributed by atoms with Crippen molar-refractivity contribution in [2.45, 2.75) is 31.3 Å². The van der Waals surface area contributed by atoms with E-state index in [1.807, 2.05) is 4.72 Å². The molecule has 1 rings (SSSR count). The van der Waals surface area contributed by atoms with Gasteiger partial charge >= 0.3 is 6.18 Å². The van der Waals surface area contributed by atoms with Gasteiger partial charge in [-0.15, -0.1) is 0 Å². The lowest BCUT2D eigenvalue weighted by Crippen LogP contribution is -2.36. The van der Waals surface area contributed by atoms with Crippen LogP contribution in [-0.2, 0) is 15.8 Å². The molecule has 0 aromatic heterocycles. The van der Waals surface area contributed by atoms with Crippen LogP contribution in [0.5, 0.6) is 0 Å². The van der Waals surface area contributed by atoms with Crippen LogP contribution < -0.4 is 10.5 Å². The van der Waals surface area contributed by atoms with E-state index in [1.165, 1.54) is 13.0 Å². The Morgan fingerprint density at radius 2 is 2.00 bits per heavy atom. The van der Waals surface area contributed by atoms with Crippen LogP contribution in [0, 0.1) is 0 Å². The summed E-state index contributed by atoms with van der Waals surface area (Å²) in [5.41, 5.74) is 6.32. The highest BCUT2D eigenvalue weighted by atomic mass is 32.2. The van der Waals surface area contributed by atoms with E-state index in [2.05, 4.69) is 0 Å². The first kappa shape index (κ1) is 15.8. The molecule has 1 unspecified atom stereocenters. The number of nitrogen functional groups attached to an aromatic ring is 1. The monoisotopic (exact) mass is 296 g/mol. The van der Waals surface area contributed by atoms with Crippen LogP contribution >= 0.6 is 0 Å². The second kappa shape index (κ2) is 5.79. The summed E-state index contributed by atoms with van der Waals surface area (Å²) in [6.07, 6.45) is -5.61. The molecule has 1 aromatic rings. The first-order valence-electron chi connectivity index (χ1n) is 5.48. The average Bonchev–Trinajstić information content (AvgIpc) is 2.11. The average molecular weight is 296 g/mol. The van der Waals surface area contributed by atoms with Crippen LogP contribution in [0.3, 0.4) is 0 Å². The minimum atomic E-state index is -4.40. The summed E-state index contributed by atoms with van der Waals surface area (Å²) in [5.74, 6) is -0.403. The maximum absolute atomic E-state index is 12.1. The van der Waals surface area contributed by atoms with Gasteiger partial charge in [0, 0.05) is 11.7 Å². The van der Waals surface area contributed by atoms with Crippen LogP contribution in [0.2, 0.25) is 0 Å². The number of halogens is 3. The van der Waals surface area contributed by atoms with Crippen molar-refractivity contribution in [1.29, 1.82) is 0 Å². The van der Waals surface area contributed by atoms with Gasteiger partial charge in [0.15, 0.2) is 0 Å². The third-order valence-electron chi connectivity index (χ3n) is 2.23. The lowest BCUT2D eigenvalue weighted by atomic mass is 10.2. The molecule has 0 aliphatic heterocycles. The fraction of sp³-hybridized carbons (Fsp3) is 0.455. The molecule has 1 atom stereocenters. The highest BCUT2D eigenvalue weighted by molar-refractivity contribution is 7.88. The van der Waals surface area contributed by atoms with Crippen LogP contribution in [0.15, 0.2) is 24.3 Å². The third kappa shape index (κ3) is 6.44. The van der Waals surface area contributed by atoms with Crippen molar-refractivity contribution in [3.63, 3.8) is 0 Å². The van der Waals surface area contributed by atoms with Crippen LogP contribution in [0.25, 0.3) is 0 Å². The predicted molar refractivity (Wildman–Crippen MR) is 66.7 cm³/mol. The standard InChI is InChI=1S/C11H15F3N2O2S/c1-8(6-11(12,13)14)16-19(17,18)7-9-3-2-4-10(15)5-9/h2-5,8,16H,6-7,15H2,1H3. The molecule has 0 bridgehead atoms. The first-order valence-corrected chi connectivity index (χ1v) is 7.14. The second-order valence-corrected chi connectivity index (χ2v) is 6.10. The zero-order valence-corrected chi connectivity index (χ0v) is 11.1. The highest BCUT2D eigenvalue weighted by Crippen LogP contribution is 2.21. The van der Waals surface area contributed by atoms with E-state index in [-0.39, 0.29) is 0 Å². The molecule has 0 fully saturated rings. The number of alkyl halides is 3. The van der Waals surface area contributed by atoms with Gasteiger partial charge in [-0.05, 0) is 24.6 Å². The summed E-state index contributed by atoms with van der Waals surface area (Å²) in [5, 5.41) is 0. The Balaban J connectivity index is 2.67. The number of hydrogen-bond donors (Lipinski definition) is 2. The summed E-state index contributed by atoms with van der Waals surface area (Å²) in [7, 11) is -3.83. The molecule has 0 amide bonds. The third-order valence-corrected chi connectivity index (χ3v) is 3.70. The Morgan fingerprint density at radius 3 is 2.53 bits per heavy atom. The maximum atomic E-state index is 12.1. The summed E-state index contributed by atoms with van der Waals surface area (Å²) in [6, 6.07) is 4.98. The largest absolute Gasteiger partial charge is 0.399 e. The van der Waals surface area contributed by atoms with Gasteiger partial charge in [0.05, 0.1) is 12.2 Å². The zero-order valence-electron chi connectivity index (χ0n) is 10.2. The summed E-state index contributed by atoms with van der Waals surface area (Å²) in [4.78, 5) is 0. The lowest BCUT2D eigenvalue weighted by Gasteiger charge is -2.16. The number of sulfonamides is 1. The van der Waals surface area contributed by atoms with Gasteiger partial charge in [0.2, 0.25) is 10.0 Å². The maximum Gasteiger partial charge on any atom is 0.390 e. The predicted octanol–water partition coefficient (Wildman–Crippen LogP) is 2.03. The molecule has 8 heteroatoms. The minimum absolute atomic E-state index is 0.399. The van der Waals surface area contributed by atoms with E-state index in [0.29, 0.717) is 11.3 Å². The summed E-state index contributed by atoms with van der Waals surface area (Å²) >= 11 is 0. The number of benzene rings is 1. The molecule has 0 aliphatic carbocycles. The van der Waals surface area contributed by atoms with Gasteiger partial charge in [0.1, 0.15) is 0 Å². The van der Waals surface area contributed by atoms with Gasteiger partial charge in [-0.2, -0.15) is 13.2 Å².